The lowest BCUT2D eigenvalue weighted by Gasteiger charge is -2.36. The van der Waals surface area contributed by atoms with Gasteiger partial charge in [0.05, 0.1) is 0 Å². The molecule has 17 heavy (non-hydrogen) atoms. The van der Waals surface area contributed by atoms with Crippen LogP contribution in [0, 0.1) is 20.8 Å². The summed E-state index contributed by atoms with van der Waals surface area (Å²) in [4.78, 5) is 4.37. The van der Waals surface area contributed by atoms with Crippen LogP contribution in [0.1, 0.15) is 41.0 Å². The summed E-state index contributed by atoms with van der Waals surface area (Å²) >= 11 is 0. The third kappa shape index (κ3) is 5.87. The molecule has 6 radical (unpaired) electrons. The van der Waals surface area contributed by atoms with Crippen LogP contribution in [0.3, 0.4) is 0 Å². The third-order valence-electron chi connectivity index (χ3n) is 3.34. The van der Waals surface area contributed by atoms with Crippen molar-refractivity contribution < 1.29 is 0 Å². The maximum absolute atomic E-state index is 6.00. The average molecular weight is 236 g/mol. The maximum Gasteiger partial charge on any atom is 0.0115 e. The van der Waals surface area contributed by atoms with Gasteiger partial charge in [-0.2, -0.15) is 0 Å². The highest BCUT2D eigenvalue weighted by Crippen LogP contribution is 2.10. The Morgan fingerprint density at radius 2 is 1.12 bits per heavy atom. The summed E-state index contributed by atoms with van der Waals surface area (Å²) < 4.78 is 0. The Morgan fingerprint density at radius 1 is 0.765 bits per heavy atom. The van der Waals surface area contributed by atoms with Gasteiger partial charge >= 0.3 is 0 Å². The normalized spacial score (nSPS) is 14.6. The van der Waals surface area contributed by atoms with E-state index >= 15 is 0 Å². The Morgan fingerprint density at radius 3 is 1.41 bits per heavy atom. The molecule has 0 aromatic heterocycles. The van der Waals surface area contributed by atoms with Crippen molar-refractivity contribution in [1.29, 1.82) is 0 Å². The van der Waals surface area contributed by atoms with Crippen molar-refractivity contribution >= 4 is 0 Å². The van der Waals surface area contributed by atoms with E-state index in [-0.39, 0.29) is 18.1 Å². The molecule has 4 atom stereocenters. The average Bonchev–Trinajstić information content (AvgIpc) is 2.21. The summed E-state index contributed by atoms with van der Waals surface area (Å²) in [5, 5.41) is 0. The summed E-state index contributed by atoms with van der Waals surface area (Å²) in [5.41, 5.74) is 0. The van der Waals surface area contributed by atoms with Crippen LogP contribution in [0.4, 0.5) is 0 Å². The Labute approximate surface area is 109 Å². The second kappa shape index (κ2) is 8.10. The van der Waals surface area contributed by atoms with E-state index in [0.29, 0.717) is 6.04 Å². The van der Waals surface area contributed by atoms with Crippen molar-refractivity contribution in [3.63, 3.8) is 0 Å². The minimum atomic E-state index is -0.0261. The molecule has 0 amide bonds. The largest absolute Gasteiger partial charge is 0.296 e. The van der Waals surface area contributed by atoms with E-state index in [2.05, 4.69) is 23.6 Å². The van der Waals surface area contributed by atoms with Crippen LogP contribution in [0.25, 0.3) is 0 Å². The van der Waals surface area contributed by atoms with E-state index in [1.165, 1.54) is 0 Å². The topological polar surface area (TPSA) is 6.48 Å². The van der Waals surface area contributed by atoms with Gasteiger partial charge in [-0.15, -0.1) is 0 Å². The first kappa shape index (κ1) is 16.9. The standard InChI is InChI=1S/C15H28N2/c1-9-15(8)17(14(6)7)11-10-16(12(2)3)13(4)5/h2,4,6,12-15H,9-11H2,1,3,5,7-8H3. The number of nitrogens with zero attached hydrogens (tertiary/aromatic N) is 2. The van der Waals surface area contributed by atoms with E-state index in [9.17, 15) is 0 Å². The molecule has 2 nitrogen and oxygen atoms in total. The number of rotatable bonds is 8. The monoisotopic (exact) mass is 236 g/mol. The lowest BCUT2D eigenvalue weighted by Crippen LogP contribution is -2.47. The molecule has 0 saturated heterocycles. The number of hydrogen-bond acceptors (Lipinski definition) is 2. The van der Waals surface area contributed by atoms with Gasteiger partial charge in [-0.25, -0.2) is 0 Å². The smallest absolute Gasteiger partial charge is 0.0115 e. The van der Waals surface area contributed by atoms with Crippen LogP contribution in [0.15, 0.2) is 0 Å². The molecule has 4 unspecified atom stereocenters. The van der Waals surface area contributed by atoms with Gasteiger partial charge in [0, 0.05) is 37.3 Å². The predicted molar refractivity (Wildman–Crippen MR) is 74.5 cm³/mol. The van der Waals surface area contributed by atoms with Gasteiger partial charge in [0.2, 0.25) is 0 Å². The first-order valence-electron chi connectivity index (χ1n) is 6.59. The second-order valence-electron chi connectivity index (χ2n) is 4.95. The molecule has 0 aliphatic rings. The van der Waals surface area contributed by atoms with Crippen molar-refractivity contribution in [1.82, 2.24) is 9.80 Å². The van der Waals surface area contributed by atoms with Gasteiger partial charge in [0.25, 0.3) is 0 Å². The van der Waals surface area contributed by atoms with Gasteiger partial charge in [-0.3, -0.25) is 9.80 Å². The zero-order valence-electron chi connectivity index (χ0n) is 12.1. The number of hydrogen-bond donors (Lipinski definition) is 0. The fraction of sp³-hybridized carbons (Fsp3) is 0.800. The molecule has 0 spiro atoms. The molecule has 0 aromatic rings. The summed E-state index contributed by atoms with van der Waals surface area (Å²) in [6.45, 7) is 29.9. The molecule has 0 bridgehead atoms. The fourth-order valence-corrected chi connectivity index (χ4v) is 2.07. The second-order valence-corrected chi connectivity index (χ2v) is 4.95. The zero-order valence-corrected chi connectivity index (χ0v) is 12.1. The van der Waals surface area contributed by atoms with Crippen LogP contribution < -0.4 is 0 Å². The molecule has 98 valence electrons. The van der Waals surface area contributed by atoms with Crippen molar-refractivity contribution in [2.75, 3.05) is 13.1 Å². The molecule has 0 aliphatic heterocycles. The molecule has 0 fully saturated rings. The summed E-state index contributed by atoms with van der Waals surface area (Å²) in [6, 6.07) is 0.495. The molecular formula is C15H28N2. The van der Waals surface area contributed by atoms with Gasteiger partial charge in [-0.1, -0.05) is 6.92 Å². The lowest BCUT2D eigenvalue weighted by molar-refractivity contribution is 0.124. The summed E-state index contributed by atoms with van der Waals surface area (Å²) in [7, 11) is 0. The van der Waals surface area contributed by atoms with Crippen molar-refractivity contribution in [3.8, 4) is 0 Å². The quantitative estimate of drug-likeness (QED) is 0.639. The molecule has 2 heteroatoms. The SMILES string of the molecule is [CH]C(C)N(CCN(C([CH])C)C(C)CC)C([CH])C. The molecule has 0 heterocycles. The molecular weight excluding hydrogens is 208 g/mol. The Hall–Kier alpha value is -0.0800. The van der Waals surface area contributed by atoms with Crippen LogP contribution in [-0.4, -0.2) is 47.1 Å². The molecule has 0 N–H and O–H groups in total. The lowest BCUT2D eigenvalue weighted by atomic mass is 10.1. The maximum atomic E-state index is 6.00. The van der Waals surface area contributed by atoms with Crippen molar-refractivity contribution in [2.24, 2.45) is 0 Å². The summed E-state index contributed by atoms with van der Waals surface area (Å²) in [5.74, 6) is 0. The minimum absolute atomic E-state index is 0.0261. The predicted octanol–water partition coefficient (Wildman–Crippen LogP) is 2.69. The highest BCUT2D eigenvalue weighted by molar-refractivity contribution is 4.81. The van der Waals surface area contributed by atoms with Crippen molar-refractivity contribution in [3.05, 3.63) is 20.8 Å². The highest BCUT2D eigenvalue weighted by Gasteiger charge is 2.19. The van der Waals surface area contributed by atoms with E-state index < -0.39 is 0 Å². The molecule has 0 aromatic carbocycles. The van der Waals surface area contributed by atoms with Crippen LogP contribution in [0.2, 0.25) is 0 Å². The Balaban J connectivity index is 4.37. The van der Waals surface area contributed by atoms with Crippen LogP contribution >= 0.6 is 0 Å². The van der Waals surface area contributed by atoms with E-state index in [1.54, 1.807) is 0 Å². The van der Waals surface area contributed by atoms with E-state index in [4.69, 9.17) is 20.8 Å². The Bertz CT molecular complexity index is 179. The van der Waals surface area contributed by atoms with Crippen LogP contribution in [0.5, 0.6) is 0 Å². The first-order valence-corrected chi connectivity index (χ1v) is 6.59. The van der Waals surface area contributed by atoms with E-state index in [1.807, 2.05) is 20.8 Å². The van der Waals surface area contributed by atoms with Crippen molar-refractivity contribution in [2.45, 2.75) is 65.2 Å². The zero-order chi connectivity index (χ0) is 13.6. The van der Waals surface area contributed by atoms with Gasteiger partial charge < -0.3 is 0 Å². The van der Waals surface area contributed by atoms with Gasteiger partial charge in [0.15, 0.2) is 0 Å². The van der Waals surface area contributed by atoms with Gasteiger partial charge in [-0.05, 0) is 54.9 Å². The highest BCUT2D eigenvalue weighted by atomic mass is 15.2. The van der Waals surface area contributed by atoms with E-state index in [0.717, 1.165) is 19.5 Å². The fourth-order valence-electron chi connectivity index (χ4n) is 2.07. The first-order chi connectivity index (χ1) is 7.81. The molecule has 0 aliphatic carbocycles. The van der Waals surface area contributed by atoms with Gasteiger partial charge in [0.1, 0.15) is 0 Å². The third-order valence-corrected chi connectivity index (χ3v) is 3.34. The van der Waals surface area contributed by atoms with Crippen LogP contribution in [-0.2, 0) is 0 Å². The summed E-state index contributed by atoms with van der Waals surface area (Å²) in [6.07, 6.45) is 1.10. The Kier molecular flexibility index (Phi) is 8.06. The molecule has 0 saturated carbocycles. The molecule has 0 rings (SSSR count). The minimum Gasteiger partial charge on any atom is -0.296 e.